The zero-order valence-electron chi connectivity index (χ0n) is 16.0. The predicted octanol–water partition coefficient (Wildman–Crippen LogP) is 4.39. The smallest absolute Gasteiger partial charge is 0.349 e. The molecule has 162 valence electrons. The molecule has 4 rings (SSSR count). The average Bonchev–Trinajstić information content (AvgIpc) is 2.74. The molecule has 1 aliphatic heterocycles. The zero-order valence-corrected chi connectivity index (χ0v) is 17.6. The highest BCUT2D eigenvalue weighted by atomic mass is 79.9. The standard InChI is InChI=1S/C21H15BrF4N2O3/c1-28(20(30)21(25,26)10-2-4-11(22)5-3-10)17-9-31-8-16-18(17)12-6-14(23)15(24)7-13(12)19(29)27-16/h2-7,17H,8-9H2,1H3,(H,27,29)/t17-/m1/s1. The van der Waals surface area contributed by atoms with Crippen LogP contribution in [0.15, 0.2) is 45.7 Å². The number of H-pyrrole nitrogens is 1. The third kappa shape index (κ3) is 3.63. The number of alkyl halides is 2. The number of halogens is 5. The van der Waals surface area contributed by atoms with Gasteiger partial charge < -0.3 is 14.6 Å². The van der Waals surface area contributed by atoms with Gasteiger partial charge in [0.15, 0.2) is 11.6 Å². The van der Waals surface area contributed by atoms with Gasteiger partial charge in [0.1, 0.15) is 0 Å². The first-order valence-corrected chi connectivity index (χ1v) is 9.93. The van der Waals surface area contributed by atoms with E-state index in [-0.39, 0.29) is 35.2 Å². The van der Waals surface area contributed by atoms with Crippen molar-refractivity contribution in [2.75, 3.05) is 13.7 Å². The van der Waals surface area contributed by atoms with Crippen molar-refractivity contribution in [3.8, 4) is 0 Å². The maximum atomic E-state index is 14.9. The molecule has 2 heterocycles. The van der Waals surface area contributed by atoms with E-state index in [2.05, 4.69) is 20.9 Å². The molecule has 0 saturated carbocycles. The highest BCUT2D eigenvalue weighted by molar-refractivity contribution is 9.10. The Hall–Kier alpha value is -2.72. The van der Waals surface area contributed by atoms with Crippen molar-refractivity contribution in [2.24, 2.45) is 0 Å². The molecule has 1 aromatic heterocycles. The van der Waals surface area contributed by atoms with E-state index in [0.29, 0.717) is 4.47 Å². The van der Waals surface area contributed by atoms with Crippen molar-refractivity contribution >= 4 is 32.6 Å². The summed E-state index contributed by atoms with van der Waals surface area (Å²) in [4.78, 5) is 28.4. The Morgan fingerprint density at radius 1 is 1.16 bits per heavy atom. The van der Waals surface area contributed by atoms with Crippen LogP contribution in [0.5, 0.6) is 0 Å². The number of nitrogens with zero attached hydrogens (tertiary/aromatic N) is 1. The summed E-state index contributed by atoms with van der Waals surface area (Å²) in [6.07, 6.45) is 0. The summed E-state index contributed by atoms with van der Waals surface area (Å²) in [7, 11) is 1.18. The third-order valence-corrected chi connectivity index (χ3v) is 5.83. The number of hydrogen-bond acceptors (Lipinski definition) is 3. The van der Waals surface area contributed by atoms with Crippen LogP contribution in [0, 0.1) is 11.6 Å². The van der Waals surface area contributed by atoms with E-state index < -0.39 is 40.6 Å². The van der Waals surface area contributed by atoms with Crippen LogP contribution in [0.3, 0.4) is 0 Å². The second-order valence-corrected chi connectivity index (χ2v) is 8.10. The van der Waals surface area contributed by atoms with Crippen molar-refractivity contribution < 1.29 is 27.1 Å². The molecule has 10 heteroatoms. The number of ether oxygens (including phenoxy) is 1. The third-order valence-electron chi connectivity index (χ3n) is 5.30. The maximum Gasteiger partial charge on any atom is 0.349 e. The Balaban J connectivity index is 1.81. The molecule has 5 nitrogen and oxygen atoms in total. The number of carbonyl (C=O) groups excluding carboxylic acids is 1. The van der Waals surface area contributed by atoms with E-state index in [1.54, 1.807) is 0 Å². The number of amides is 1. The van der Waals surface area contributed by atoms with Crippen molar-refractivity contribution in [1.29, 1.82) is 0 Å². The highest BCUT2D eigenvalue weighted by Crippen LogP contribution is 2.37. The Morgan fingerprint density at radius 3 is 2.42 bits per heavy atom. The lowest BCUT2D eigenvalue weighted by Crippen LogP contribution is -2.44. The van der Waals surface area contributed by atoms with Crippen LogP contribution in [0.25, 0.3) is 10.8 Å². The number of likely N-dealkylation sites (N-methyl/N-ethyl adjacent to an activating group) is 1. The fourth-order valence-electron chi connectivity index (χ4n) is 3.69. The van der Waals surface area contributed by atoms with E-state index in [1.807, 2.05) is 0 Å². The van der Waals surface area contributed by atoms with Gasteiger partial charge in [-0.1, -0.05) is 28.1 Å². The predicted molar refractivity (Wildman–Crippen MR) is 108 cm³/mol. The number of hydrogen-bond donors (Lipinski definition) is 1. The Bertz CT molecular complexity index is 1240. The molecule has 3 aromatic rings. The summed E-state index contributed by atoms with van der Waals surface area (Å²) in [6.45, 7) is -0.229. The highest BCUT2D eigenvalue weighted by Gasteiger charge is 2.45. The molecule has 1 atom stereocenters. The lowest BCUT2D eigenvalue weighted by molar-refractivity contribution is -0.162. The average molecular weight is 499 g/mol. The molecule has 0 aliphatic carbocycles. The van der Waals surface area contributed by atoms with Gasteiger partial charge in [-0.25, -0.2) is 8.78 Å². The van der Waals surface area contributed by atoms with E-state index in [1.165, 1.54) is 19.2 Å². The van der Waals surface area contributed by atoms with Crippen LogP contribution in [0.2, 0.25) is 0 Å². The lowest BCUT2D eigenvalue weighted by atomic mass is 9.94. The fraction of sp³-hybridized carbons (Fsp3) is 0.238. The summed E-state index contributed by atoms with van der Waals surface area (Å²) in [5, 5.41) is -0.109. The molecular formula is C21H15BrF4N2O3. The largest absolute Gasteiger partial charge is 0.373 e. The van der Waals surface area contributed by atoms with Gasteiger partial charge in [0, 0.05) is 28.3 Å². The second-order valence-electron chi connectivity index (χ2n) is 7.19. The first-order chi connectivity index (χ1) is 14.6. The monoisotopic (exact) mass is 498 g/mol. The van der Waals surface area contributed by atoms with Gasteiger partial charge >= 0.3 is 5.92 Å². The molecule has 0 spiro atoms. The van der Waals surface area contributed by atoms with Gasteiger partial charge in [0.05, 0.1) is 24.6 Å². The first-order valence-electron chi connectivity index (χ1n) is 9.14. The van der Waals surface area contributed by atoms with Gasteiger partial charge in [-0.3, -0.25) is 9.59 Å². The van der Waals surface area contributed by atoms with Gasteiger partial charge in [-0.05, 0) is 29.7 Å². The van der Waals surface area contributed by atoms with E-state index in [9.17, 15) is 27.2 Å². The van der Waals surface area contributed by atoms with Crippen molar-refractivity contribution in [1.82, 2.24) is 9.88 Å². The second kappa shape index (κ2) is 7.76. The van der Waals surface area contributed by atoms with Crippen molar-refractivity contribution in [3.63, 3.8) is 0 Å². The summed E-state index contributed by atoms with van der Waals surface area (Å²) in [5.41, 5.74) is -0.719. The van der Waals surface area contributed by atoms with Gasteiger partial charge in [0.2, 0.25) is 0 Å². The van der Waals surface area contributed by atoms with Gasteiger partial charge in [-0.2, -0.15) is 8.78 Å². The molecule has 31 heavy (non-hydrogen) atoms. The van der Waals surface area contributed by atoms with Crippen LogP contribution >= 0.6 is 15.9 Å². The SMILES string of the molecule is CN(C(=O)C(F)(F)c1ccc(Br)cc1)[C@@H]1COCc2[nH]c(=O)c3cc(F)c(F)cc3c21. The number of fused-ring (bicyclic) bond motifs is 3. The van der Waals surface area contributed by atoms with Crippen molar-refractivity contribution in [3.05, 3.63) is 79.7 Å². The lowest BCUT2D eigenvalue weighted by Gasteiger charge is -2.35. The Labute approximate surface area is 181 Å². The minimum absolute atomic E-state index is 0.0394. The molecule has 0 unspecified atom stereocenters. The van der Waals surface area contributed by atoms with Crippen molar-refractivity contribution in [2.45, 2.75) is 18.6 Å². The molecular weight excluding hydrogens is 484 g/mol. The maximum absolute atomic E-state index is 14.9. The normalized spacial score (nSPS) is 16.3. The molecule has 0 bridgehead atoms. The Kier molecular flexibility index (Phi) is 5.38. The van der Waals surface area contributed by atoms with Gasteiger partial charge in [-0.15, -0.1) is 0 Å². The van der Waals surface area contributed by atoms with Gasteiger partial charge in [0.25, 0.3) is 11.5 Å². The molecule has 1 aliphatic rings. The number of aromatic nitrogens is 1. The molecule has 1 amide bonds. The minimum atomic E-state index is -3.84. The summed E-state index contributed by atoms with van der Waals surface area (Å²) in [6, 6.07) is 5.58. The summed E-state index contributed by atoms with van der Waals surface area (Å²) >= 11 is 3.16. The minimum Gasteiger partial charge on any atom is -0.373 e. The summed E-state index contributed by atoms with van der Waals surface area (Å²) in [5.74, 6) is -7.76. The number of aromatic amines is 1. The molecule has 0 saturated heterocycles. The zero-order chi connectivity index (χ0) is 22.5. The quantitative estimate of drug-likeness (QED) is 0.544. The topological polar surface area (TPSA) is 62.4 Å². The fourth-order valence-corrected chi connectivity index (χ4v) is 3.96. The molecule has 0 radical (unpaired) electrons. The van der Waals surface area contributed by atoms with Crippen LogP contribution in [-0.4, -0.2) is 29.4 Å². The van der Waals surface area contributed by atoms with Crippen LogP contribution < -0.4 is 5.56 Å². The van der Waals surface area contributed by atoms with Crippen LogP contribution in [0.4, 0.5) is 17.6 Å². The van der Waals surface area contributed by atoms with E-state index >= 15 is 0 Å². The number of nitrogens with one attached hydrogen (secondary N) is 1. The van der Waals surface area contributed by atoms with Crippen LogP contribution in [0.1, 0.15) is 22.9 Å². The number of pyridine rings is 1. The molecule has 1 N–H and O–H groups in total. The van der Waals surface area contributed by atoms with E-state index in [4.69, 9.17) is 4.74 Å². The Morgan fingerprint density at radius 2 is 1.77 bits per heavy atom. The van der Waals surface area contributed by atoms with E-state index in [0.717, 1.165) is 29.2 Å². The number of carbonyl (C=O) groups is 1. The summed E-state index contributed by atoms with van der Waals surface area (Å²) < 4.78 is 63.5. The number of benzene rings is 2. The molecule has 2 aromatic carbocycles. The van der Waals surface area contributed by atoms with Crippen LogP contribution in [-0.2, 0) is 22.1 Å². The number of rotatable bonds is 3. The first kappa shape index (κ1) is 21.5. The molecule has 0 fully saturated rings.